The van der Waals surface area contributed by atoms with Gasteiger partial charge in [0.2, 0.25) is 0 Å². The minimum Gasteiger partial charge on any atom is -0.363 e. The molecule has 2 aromatic heterocycles. The van der Waals surface area contributed by atoms with Crippen molar-refractivity contribution in [2.75, 3.05) is 11.6 Å². The number of anilines is 1. The zero-order valence-corrected chi connectivity index (χ0v) is 16.9. The van der Waals surface area contributed by atoms with Gasteiger partial charge in [-0.2, -0.15) is 0 Å². The Morgan fingerprint density at radius 2 is 1.69 bits per heavy atom. The molecule has 0 saturated heterocycles. The second-order valence-electron chi connectivity index (χ2n) is 6.86. The number of benzene rings is 2. The molecular formula is C22H20N4O2S. The van der Waals surface area contributed by atoms with Crippen LogP contribution in [0.15, 0.2) is 78.0 Å². The Bertz CT molecular complexity index is 1260. The van der Waals surface area contributed by atoms with Crippen LogP contribution in [-0.2, 0) is 9.84 Å². The summed E-state index contributed by atoms with van der Waals surface area (Å²) in [5.74, 6) is 1.31. The summed E-state index contributed by atoms with van der Waals surface area (Å²) in [4.78, 5) is 13.9. The molecule has 0 radical (unpaired) electrons. The lowest BCUT2D eigenvalue weighted by molar-refractivity contribution is 0.602. The fraction of sp³-hybridized carbons (Fsp3) is 0.136. The van der Waals surface area contributed by atoms with Crippen molar-refractivity contribution in [1.29, 1.82) is 0 Å². The normalized spacial score (nSPS) is 12.6. The molecule has 4 aromatic rings. The first-order valence-electron chi connectivity index (χ1n) is 9.15. The van der Waals surface area contributed by atoms with E-state index in [0.29, 0.717) is 16.5 Å². The summed E-state index contributed by atoms with van der Waals surface area (Å²) in [5, 5.41) is 4.36. The van der Waals surface area contributed by atoms with Gasteiger partial charge in [-0.05, 0) is 48.9 Å². The van der Waals surface area contributed by atoms with Crippen LogP contribution < -0.4 is 5.32 Å². The van der Waals surface area contributed by atoms with E-state index in [-0.39, 0.29) is 6.04 Å². The third-order valence-electron chi connectivity index (χ3n) is 4.68. The molecule has 1 N–H and O–H groups in total. The van der Waals surface area contributed by atoms with E-state index in [1.165, 1.54) is 6.26 Å². The Hall–Kier alpha value is -3.32. The quantitative estimate of drug-likeness (QED) is 0.535. The smallest absolute Gasteiger partial charge is 0.175 e. The van der Waals surface area contributed by atoms with E-state index in [1.807, 2.05) is 55.5 Å². The maximum absolute atomic E-state index is 11.7. The Balaban J connectivity index is 1.71. The van der Waals surface area contributed by atoms with Crippen LogP contribution in [0.25, 0.3) is 22.3 Å². The van der Waals surface area contributed by atoms with Gasteiger partial charge >= 0.3 is 0 Å². The summed E-state index contributed by atoms with van der Waals surface area (Å²) in [7, 11) is -3.22. The van der Waals surface area contributed by atoms with E-state index < -0.39 is 9.84 Å². The van der Waals surface area contributed by atoms with Crippen LogP contribution in [-0.4, -0.2) is 29.6 Å². The number of nitrogens with zero attached hydrogens (tertiary/aromatic N) is 3. The summed E-state index contributed by atoms with van der Waals surface area (Å²) in [6.45, 7) is 2.01. The van der Waals surface area contributed by atoms with Crippen LogP contribution in [0.2, 0.25) is 0 Å². The van der Waals surface area contributed by atoms with E-state index in [9.17, 15) is 8.42 Å². The summed E-state index contributed by atoms with van der Waals surface area (Å²) in [6.07, 6.45) is 4.66. The molecule has 0 aliphatic heterocycles. The number of sulfone groups is 1. The number of hydrogen-bond acceptors (Lipinski definition) is 6. The molecular weight excluding hydrogens is 384 g/mol. The molecule has 0 amide bonds. The zero-order chi connectivity index (χ0) is 20.4. The van der Waals surface area contributed by atoms with Crippen molar-refractivity contribution in [3.05, 3.63) is 78.6 Å². The summed E-state index contributed by atoms with van der Waals surface area (Å²) in [6, 6.07) is 18.4. The predicted octanol–water partition coefficient (Wildman–Crippen LogP) is 4.27. The molecule has 0 aliphatic carbocycles. The molecule has 0 saturated carbocycles. The van der Waals surface area contributed by atoms with E-state index >= 15 is 0 Å². The number of pyridine rings is 1. The lowest BCUT2D eigenvalue weighted by Crippen LogP contribution is -2.10. The van der Waals surface area contributed by atoms with E-state index in [2.05, 4.69) is 15.3 Å². The first-order valence-corrected chi connectivity index (χ1v) is 11.0. The number of hydrogen-bond donors (Lipinski definition) is 1. The van der Waals surface area contributed by atoms with Crippen molar-refractivity contribution in [3.63, 3.8) is 0 Å². The van der Waals surface area contributed by atoms with Crippen molar-refractivity contribution in [1.82, 2.24) is 15.0 Å². The third-order valence-corrected chi connectivity index (χ3v) is 5.81. The standard InChI is InChI=1S/C22H20N4O2S/c1-15(16-9-11-18(12-10-16)29(2,27)28)24-22-19-7-3-4-8-20(19)25-21(26-22)17-6-5-13-23-14-17/h3-15H,1-2H3,(H,24,25,26). The zero-order valence-electron chi connectivity index (χ0n) is 16.1. The van der Waals surface area contributed by atoms with Crippen molar-refractivity contribution in [2.24, 2.45) is 0 Å². The van der Waals surface area contributed by atoms with Crippen LogP contribution >= 0.6 is 0 Å². The summed E-state index contributed by atoms with van der Waals surface area (Å²) >= 11 is 0. The largest absolute Gasteiger partial charge is 0.363 e. The van der Waals surface area contributed by atoms with Crippen molar-refractivity contribution < 1.29 is 8.42 Å². The molecule has 0 bridgehead atoms. The Kier molecular flexibility index (Phi) is 4.98. The van der Waals surface area contributed by atoms with Crippen molar-refractivity contribution >= 4 is 26.6 Å². The van der Waals surface area contributed by atoms with Crippen LogP contribution in [0, 0.1) is 0 Å². The van der Waals surface area contributed by atoms with Gasteiger partial charge in [-0.15, -0.1) is 0 Å². The maximum atomic E-state index is 11.7. The molecule has 146 valence electrons. The highest BCUT2D eigenvalue weighted by molar-refractivity contribution is 7.90. The van der Waals surface area contributed by atoms with Crippen LogP contribution in [0.1, 0.15) is 18.5 Å². The van der Waals surface area contributed by atoms with Gasteiger partial charge in [0.25, 0.3) is 0 Å². The molecule has 4 rings (SSSR count). The van der Waals surface area contributed by atoms with Crippen LogP contribution in [0.3, 0.4) is 0 Å². The van der Waals surface area contributed by atoms with Gasteiger partial charge in [0.1, 0.15) is 5.82 Å². The number of aromatic nitrogens is 3. The Morgan fingerprint density at radius 1 is 0.931 bits per heavy atom. The van der Waals surface area contributed by atoms with Gasteiger partial charge in [-0.25, -0.2) is 18.4 Å². The molecule has 0 aliphatic rings. The van der Waals surface area contributed by atoms with E-state index in [0.717, 1.165) is 22.0 Å². The Morgan fingerprint density at radius 3 is 2.38 bits per heavy atom. The fourth-order valence-electron chi connectivity index (χ4n) is 3.10. The predicted molar refractivity (Wildman–Crippen MR) is 114 cm³/mol. The van der Waals surface area contributed by atoms with E-state index in [4.69, 9.17) is 4.98 Å². The lowest BCUT2D eigenvalue weighted by atomic mass is 10.1. The second kappa shape index (κ2) is 7.60. The molecule has 0 fully saturated rings. The fourth-order valence-corrected chi connectivity index (χ4v) is 3.73. The highest BCUT2D eigenvalue weighted by atomic mass is 32.2. The SMILES string of the molecule is CC(Nc1nc(-c2cccnc2)nc2ccccc12)c1ccc(S(C)(=O)=O)cc1. The number of nitrogens with one attached hydrogen (secondary N) is 1. The molecule has 7 heteroatoms. The highest BCUT2D eigenvalue weighted by Gasteiger charge is 2.14. The molecule has 2 heterocycles. The monoisotopic (exact) mass is 404 g/mol. The summed E-state index contributed by atoms with van der Waals surface area (Å²) < 4.78 is 23.4. The second-order valence-corrected chi connectivity index (χ2v) is 8.88. The highest BCUT2D eigenvalue weighted by Crippen LogP contribution is 2.28. The van der Waals surface area contributed by atoms with Gasteiger partial charge < -0.3 is 5.32 Å². The molecule has 1 unspecified atom stereocenters. The number of fused-ring (bicyclic) bond motifs is 1. The van der Waals surface area contributed by atoms with Gasteiger partial charge in [0.05, 0.1) is 10.4 Å². The number of rotatable bonds is 5. The minimum absolute atomic E-state index is 0.0799. The van der Waals surface area contributed by atoms with Crippen molar-refractivity contribution in [3.8, 4) is 11.4 Å². The lowest BCUT2D eigenvalue weighted by Gasteiger charge is -2.17. The molecule has 2 aromatic carbocycles. The number of para-hydroxylation sites is 1. The average molecular weight is 404 g/mol. The van der Waals surface area contributed by atoms with Gasteiger partial charge in [-0.3, -0.25) is 4.98 Å². The van der Waals surface area contributed by atoms with E-state index in [1.54, 1.807) is 24.5 Å². The van der Waals surface area contributed by atoms with Crippen molar-refractivity contribution in [2.45, 2.75) is 17.9 Å². The van der Waals surface area contributed by atoms with Gasteiger partial charge in [0, 0.05) is 35.6 Å². The Labute approximate surface area is 169 Å². The summed E-state index contributed by atoms with van der Waals surface area (Å²) in [5.41, 5.74) is 2.64. The molecule has 6 nitrogen and oxygen atoms in total. The first kappa shape index (κ1) is 19.0. The van der Waals surface area contributed by atoms with Crippen LogP contribution in [0.4, 0.5) is 5.82 Å². The minimum atomic E-state index is -3.22. The third kappa shape index (κ3) is 4.09. The molecule has 1 atom stereocenters. The van der Waals surface area contributed by atoms with Gasteiger partial charge in [0.15, 0.2) is 15.7 Å². The maximum Gasteiger partial charge on any atom is 0.175 e. The van der Waals surface area contributed by atoms with Crippen LogP contribution in [0.5, 0.6) is 0 Å². The topological polar surface area (TPSA) is 84.8 Å². The molecule has 0 spiro atoms. The molecule has 29 heavy (non-hydrogen) atoms. The average Bonchev–Trinajstić information content (AvgIpc) is 2.73. The van der Waals surface area contributed by atoms with Gasteiger partial charge in [-0.1, -0.05) is 24.3 Å². The first-order chi connectivity index (χ1) is 13.9.